The van der Waals surface area contributed by atoms with Crippen molar-refractivity contribution >= 4 is 17.8 Å². The highest BCUT2D eigenvalue weighted by Gasteiger charge is 2.30. The van der Waals surface area contributed by atoms with Gasteiger partial charge in [-0.1, -0.05) is 0 Å². The summed E-state index contributed by atoms with van der Waals surface area (Å²) in [6, 6.07) is -0.232. The number of hydrogen-bond acceptors (Lipinski definition) is 4. The average molecular weight is 257 g/mol. The summed E-state index contributed by atoms with van der Waals surface area (Å²) in [6.45, 7) is 0.995. The molecule has 1 saturated heterocycles. The molecule has 1 atom stereocenters. The van der Waals surface area contributed by atoms with Crippen LogP contribution in [0.3, 0.4) is 0 Å². The Morgan fingerprint density at radius 1 is 1.33 bits per heavy atom. The van der Waals surface area contributed by atoms with E-state index in [1.54, 1.807) is 0 Å². The topological polar surface area (TPSA) is 113 Å². The molecule has 18 heavy (non-hydrogen) atoms. The number of nitrogens with one attached hydrogen (secondary N) is 1. The lowest BCUT2D eigenvalue weighted by atomic mass is 10.0. The second-order valence-electron chi connectivity index (χ2n) is 4.30. The molecule has 0 aromatic heterocycles. The van der Waals surface area contributed by atoms with Crippen molar-refractivity contribution in [3.63, 3.8) is 0 Å². The molecule has 0 spiro atoms. The Hall–Kier alpha value is -1.63. The summed E-state index contributed by atoms with van der Waals surface area (Å²) in [4.78, 5) is 34.8. The van der Waals surface area contributed by atoms with Crippen LogP contribution in [0.5, 0.6) is 0 Å². The minimum atomic E-state index is -1.45. The van der Waals surface area contributed by atoms with Crippen LogP contribution in [0.2, 0.25) is 0 Å². The zero-order valence-electron chi connectivity index (χ0n) is 10.2. The Bertz CT molecular complexity index is 332. The van der Waals surface area contributed by atoms with Crippen molar-refractivity contribution in [2.24, 2.45) is 5.73 Å². The molecule has 1 heterocycles. The van der Waals surface area contributed by atoms with Crippen molar-refractivity contribution in [1.82, 2.24) is 10.2 Å². The second kappa shape index (κ2) is 6.95. The quantitative estimate of drug-likeness (QED) is 0.554. The van der Waals surface area contributed by atoms with Gasteiger partial charge < -0.3 is 21.1 Å². The highest BCUT2D eigenvalue weighted by molar-refractivity contribution is 6.31. The van der Waals surface area contributed by atoms with Crippen LogP contribution in [-0.2, 0) is 14.4 Å². The van der Waals surface area contributed by atoms with Crippen molar-refractivity contribution in [2.45, 2.75) is 31.7 Å². The number of carboxylic acid groups (broad SMARTS) is 1. The van der Waals surface area contributed by atoms with Crippen molar-refractivity contribution in [3.8, 4) is 0 Å². The third-order valence-electron chi connectivity index (χ3n) is 2.98. The van der Waals surface area contributed by atoms with Crippen LogP contribution in [0.4, 0.5) is 0 Å². The van der Waals surface area contributed by atoms with Crippen LogP contribution in [0.15, 0.2) is 0 Å². The predicted octanol–water partition coefficient (Wildman–Crippen LogP) is -1.08. The fraction of sp³-hybridized carbons (Fsp3) is 0.727. The first-order valence-corrected chi connectivity index (χ1v) is 6.07. The molecule has 0 aromatic rings. The predicted molar refractivity (Wildman–Crippen MR) is 63.7 cm³/mol. The molecule has 1 aliphatic heterocycles. The lowest BCUT2D eigenvalue weighted by Crippen LogP contribution is -2.51. The molecule has 7 heteroatoms. The van der Waals surface area contributed by atoms with Gasteiger partial charge in [0.05, 0.1) is 0 Å². The van der Waals surface area contributed by atoms with E-state index in [0.29, 0.717) is 13.0 Å². The van der Waals surface area contributed by atoms with Crippen LogP contribution in [0.1, 0.15) is 25.7 Å². The molecular weight excluding hydrogens is 238 g/mol. The van der Waals surface area contributed by atoms with E-state index < -0.39 is 11.9 Å². The SMILES string of the molecule is NCCC(=O)NC[C@H]1CCCCN1C(=O)C(=O)O. The number of likely N-dealkylation sites (tertiary alicyclic amines) is 1. The Morgan fingerprint density at radius 3 is 2.67 bits per heavy atom. The molecule has 0 aliphatic carbocycles. The second-order valence-corrected chi connectivity index (χ2v) is 4.30. The molecule has 102 valence electrons. The number of aliphatic carboxylic acids is 1. The monoisotopic (exact) mass is 257 g/mol. The molecule has 4 N–H and O–H groups in total. The number of nitrogens with zero attached hydrogens (tertiary/aromatic N) is 1. The normalized spacial score (nSPS) is 19.4. The van der Waals surface area contributed by atoms with Crippen LogP contribution in [0.25, 0.3) is 0 Å². The summed E-state index contributed by atoms with van der Waals surface area (Å²) in [7, 11) is 0. The number of rotatable bonds is 4. The van der Waals surface area contributed by atoms with E-state index in [4.69, 9.17) is 10.8 Å². The molecule has 0 aromatic carbocycles. The van der Waals surface area contributed by atoms with E-state index >= 15 is 0 Å². The molecule has 0 radical (unpaired) electrons. The van der Waals surface area contributed by atoms with Crippen molar-refractivity contribution in [3.05, 3.63) is 0 Å². The van der Waals surface area contributed by atoms with Crippen LogP contribution < -0.4 is 11.1 Å². The minimum Gasteiger partial charge on any atom is -0.474 e. The fourth-order valence-electron chi connectivity index (χ4n) is 2.05. The van der Waals surface area contributed by atoms with E-state index in [2.05, 4.69) is 5.32 Å². The summed E-state index contributed by atoms with van der Waals surface area (Å²) in [5, 5.41) is 11.4. The first kappa shape index (κ1) is 14.4. The van der Waals surface area contributed by atoms with Crippen LogP contribution in [-0.4, -0.2) is 53.5 Å². The first-order chi connectivity index (χ1) is 8.56. The minimum absolute atomic E-state index is 0.175. The van der Waals surface area contributed by atoms with Gasteiger partial charge in [-0.3, -0.25) is 9.59 Å². The summed E-state index contributed by atoms with van der Waals surface area (Å²) in [5.41, 5.74) is 5.25. The summed E-state index contributed by atoms with van der Waals surface area (Å²) >= 11 is 0. The van der Waals surface area contributed by atoms with Gasteiger partial charge in [0.1, 0.15) is 0 Å². The first-order valence-electron chi connectivity index (χ1n) is 6.07. The number of carboxylic acids is 1. The molecule has 0 saturated carbocycles. The number of carbonyl (C=O) groups excluding carboxylic acids is 2. The third-order valence-corrected chi connectivity index (χ3v) is 2.98. The number of hydrogen-bond donors (Lipinski definition) is 3. The zero-order valence-corrected chi connectivity index (χ0v) is 10.2. The Kier molecular flexibility index (Phi) is 5.57. The maximum absolute atomic E-state index is 11.5. The highest BCUT2D eigenvalue weighted by atomic mass is 16.4. The van der Waals surface area contributed by atoms with Gasteiger partial charge in [0.15, 0.2) is 0 Å². The van der Waals surface area contributed by atoms with Gasteiger partial charge in [-0.05, 0) is 19.3 Å². The Morgan fingerprint density at radius 2 is 2.06 bits per heavy atom. The largest absolute Gasteiger partial charge is 0.474 e. The molecule has 2 amide bonds. The van der Waals surface area contributed by atoms with Gasteiger partial charge in [0, 0.05) is 32.1 Å². The maximum atomic E-state index is 11.5. The lowest BCUT2D eigenvalue weighted by molar-refractivity contribution is -0.158. The number of nitrogens with two attached hydrogens (primary N) is 1. The maximum Gasteiger partial charge on any atom is 0.394 e. The van der Waals surface area contributed by atoms with Gasteiger partial charge in [0.25, 0.3) is 0 Å². The van der Waals surface area contributed by atoms with Crippen molar-refractivity contribution in [2.75, 3.05) is 19.6 Å². The average Bonchev–Trinajstić information content (AvgIpc) is 2.36. The van der Waals surface area contributed by atoms with E-state index in [0.717, 1.165) is 12.8 Å². The molecule has 1 rings (SSSR count). The van der Waals surface area contributed by atoms with E-state index in [1.165, 1.54) is 4.90 Å². The van der Waals surface area contributed by atoms with Crippen LogP contribution in [0, 0.1) is 0 Å². The van der Waals surface area contributed by atoms with Crippen molar-refractivity contribution in [1.29, 1.82) is 0 Å². The van der Waals surface area contributed by atoms with Gasteiger partial charge in [-0.15, -0.1) is 0 Å². The summed E-state index contributed by atoms with van der Waals surface area (Å²) in [5.74, 6) is -2.52. The molecule has 7 nitrogen and oxygen atoms in total. The number of carbonyl (C=O) groups is 3. The van der Waals surface area contributed by atoms with Gasteiger partial charge >= 0.3 is 11.9 Å². The Balaban J connectivity index is 2.52. The van der Waals surface area contributed by atoms with E-state index in [9.17, 15) is 14.4 Å². The summed E-state index contributed by atoms with van der Waals surface area (Å²) < 4.78 is 0. The van der Waals surface area contributed by atoms with Crippen LogP contribution >= 0.6 is 0 Å². The molecular formula is C11H19N3O4. The Labute approximate surface area is 105 Å². The third kappa shape index (κ3) is 3.99. The molecule has 1 fully saturated rings. The van der Waals surface area contributed by atoms with Gasteiger partial charge in [0.2, 0.25) is 5.91 Å². The molecule has 0 bridgehead atoms. The standard InChI is InChI=1S/C11H19N3O4/c12-5-4-9(15)13-7-8-3-1-2-6-14(8)10(16)11(17)18/h8H,1-7,12H2,(H,13,15)(H,17,18)/t8-/m1/s1. The van der Waals surface area contributed by atoms with E-state index in [1.807, 2.05) is 0 Å². The van der Waals surface area contributed by atoms with Crippen molar-refractivity contribution < 1.29 is 19.5 Å². The summed E-state index contributed by atoms with van der Waals surface area (Å²) in [6.07, 6.45) is 2.68. The highest BCUT2D eigenvalue weighted by Crippen LogP contribution is 2.16. The van der Waals surface area contributed by atoms with Gasteiger partial charge in [-0.2, -0.15) is 0 Å². The lowest BCUT2D eigenvalue weighted by Gasteiger charge is -2.34. The molecule has 0 unspecified atom stereocenters. The fourth-order valence-corrected chi connectivity index (χ4v) is 2.05. The zero-order chi connectivity index (χ0) is 13.5. The molecule has 1 aliphatic rings. The number of piperidine rings is 1. The van der Waals surface area contributed by atoms with Gasteiger partial charge in [-0.25, -0.2) is 4.79 Å². The smallest absolute Gasteiger partial charge is 0.394 e. The number of amides is 2. The van der Waals surface area contributed by atoms with E-state index in [-0.39, 0.29) is 31.5 Å².